The molecule has 0 radical (unpaired) electrons. The van der Waals surface area contributed by atoms with Crippen molar-refractivity contribution < 1.29 is 4.79 Å². The van der Waals surface area contributed by atoms with E-state index < -0.39 is 0 Å². The summed E-state index contributed by atoms with van der Waals surface area (Å²) < 4.78 is 0. The first-order valence-electron chi connectivity index (χ1n) is 6.03. The van der Waals surface area contributed by atoms with Crippen LogP contribution < -0.4 is 0 Å². The third-order valence-electron chi connectivity index (χ3n) is 3.97. The van der Waals surface area contributed by atoms with E-state index in [-0.39, 0.29) is 5.78 Å². The standard InChI is InChI=1S/C16H22O/c1-9(15(7)17)8-16-13(5)11(3)10(2)12(4)14(16)6/h8H,1-7H3/b9-8-. The minimum Gasteiger partial charge on any atom is -0.295 e. The lowest BCUT2D eigenvalue weighted by atomic mass is 9.88. The van der Waals surface area contributed by atoms with Crippen molar-refractivity contribution in [2.75, 3.05) is 0 Å². The van der Waals surface area contributed by atoms with Gasteiger partial charge < -0.3 is 0 Å². The van der Waals surface area contributed by atoms with E-state index in [1.165, 1.54) is 33.4 Å². The molecule has 0 aromatic heterocycles. The van der Waals surface area contributed by atoms with Crippen LogP contribution in [0.15, 0.2) is 5.57 Å². The molecule has 0 atom stereocenters. The van der Waals surface area contributed by atoms with Gasteiger partial charge in [-0.1, -0.05) is 0 Å². The van der Waals surface area contributed by atoms with E-state index in [2.05, 4.69) is 34.6 Å². The summed E-state index contributed by atoms with van der Waals surface area (Å²) in [5.41, 5.74) is 8.61. The van der Waals surface area contributed by atoms with Gasteiger partial charge >= 0.3 is 0 Å². The smallest absolute Gasteiger partial charge is 0.155 e. The average Bonchev–Trinajstić information content (AvgIpc) is 2.29. The summed E-state index contributed by atoms with van der Waals surface area (Å²) in [6.45, 7) is 14.2. The SMILES string of the molecule is CC(=O)/C(C)=C\c1c(C)c(C)c(C)c(C)c1C. The van der Waals surface area contributed by atoms with Crippen molar-refractivity contribution in [1.29, 1.82) is 0 Å². The lowest BCUT2D eigenvalue weighted by Gasteiger charge is -2.16. The Bertz CT molecular complexity index is 476. The van der Waals surface area contributed by atoms with Crippen molar-refractivity contribution >= 4 is 11.9 Å². The molecule has 1 rings (SSSR count). The van der Waals surface area contributed by atoms with Crippen LogP contribution in [0.5, 0.6) is 0 Å². The monoisotopic (exact) mass is 230 g/mol. The Morgan fingerprint density at radius 1 is 0.765 bits per heavy atom. The number of allylic oxidation sites excluding steroid dienone is 1. The Morgan fingerprint density at radius 2 is 1.12 bits per heavy atom. The van der Waals surface area contributed by atoms with Gasteiger partial charge in [0.2, 0.25) is 0 Å². The Hall–Kier alpha value is -1.37. The molecule has 92 valence electrons. The third kappa shape index (κ3) is 2.49. The summed E-state index contributed by atoms with van der Waals surface area (Å²) in [6, 6.07) is 0. The molecule has 0 fully saturated rings. The molecule has 0 spiro atoms. The fourth-order valence-corrected chi connectivity index (χ4v) is 2.06. The second-order valence-electron chi connectivity index (χ2n) is 4.92. The summed E-state index contributed by atoms with van der Waals surface area (Å²) in [5.74, 6) is 0.139. The summed E-state index contributed by atoms with van der Waals surface area (Å²) in [5, 5.41) is 0. The fourth-order valence-electron chi connectivity index (χ4n) is 2.06. The Kier molecular flexibility index (Phi) is 3.92. The van der Waals surface area contributed by atoms with Gasteiger partial charge in [-0.05, 0) is 93.5 Å². The number of hydrogen-bond acceptors (Lipinski definition) is 1. The maximum atomic E-state index is 11.3. The maximum absolute atomic E-state index is 11.3. The maximum Gasteiger partial charge on any atom is 0.155 e. The highest BCUT2D eigenvalue weighted by Crippen LogP contribution is 2.27. The van der Waals surface area contributed by atoms with Gasteiger partial charge in [-0.15, -0.1) is 0 Å². The van der Waals surface area contributed by atoms with Gasteiger partial charge in [-0.3, -0.25) is 4.79 Å². The number of hydrogen-bond donors (Lipinski definition) is 0. The van der Waals surface area contributed by atoms with Gasteiger partial charge in [-0.2, -0.15) is 0 Å². The van der Waals surface area contributed by atoms with Gasteiger partial charge in [0.15, 0.2) is 5.78 Å². The van der Waals surface area contributed by atoms with Crippen molar-refractivity contribution in [1.82, 2.24) is 0 Å². The molecule has 0 amide bonds. The molecule has 0 heterocycles. The first-order valence-corrected chi connectivity index (χ1v) is 6.03. The van der Waals surface area contributed by atoms with Gasteiger partial charge in [-0.25, -0.2) is 0 Å². The minimum absolute atomic E-state index is 0.139. The Labute approximate surface area is 105 Å². The molecule has 0 aliphatic rings. The largest absolute Gasteiger partial charge is 0.295 e. The van der Waals surface area contributed by atoms with Gasteiger partial charge in [0, 0.05) is 0 Å². The zero-order valence-electron chi connectivity index (χ0n) is 12.0. The van der Waals surface area contributed by atoms with Crippen molar-refractivity contribution in [3.05, 3.63) is 39.0 Å². The predicted molar refractivity (Wildman–Crippen MR) is 74.5 cm³/mol. The first-order chi connectivity index (χ1) is 7.77. The van der Waals surface area contributed by atoms with Crippen LogP contribution in [0.25, 0.3) is 6.08 Å². The first kappa shape index (κ1) is 13.7. The number of Topliss-reactive ketones (excluding diaryl/α,β-unsaturated/α-hetero) is 1. The zero-order valence-corrected chi connectivity index (χ0v) is 12.0. The molecule has 0 bridgehead atoms. The van der Waals surface area contributed by atoms with Crippen LogP contribution >= 0.6 is 0 Å². The normalized spacial score (nSPS) is 11.8. The number of rotatable bonds is 2. The van der Waals surface area contributed by atoms with E-state index in [4.69, 9.17) is 0 Å². The Balaban J connectivity index is 3.56. The molecule has 1 nitrogen and oxygen atoms in total. The van der Waals surface area contributed by atoms with Crippen LogP contribution in [0, 0.1) is 34.6 Å². The lowest BCUT2D eigenvalue weighted by Crippen LogP contribution is -2.01. The molecular weight excluding hydrogens is 208 g/mol. The molecule has 0 aliphatic carbocycles. The fraction of sp³-hybridized carbons (Fsp3) is 0.438. The van der Waals surface area contributed by atoms with E-state index in [1.54, 1.807) is 6.92 Å². The van der Waals surface area contributed by atoms with Crippen molar-refractivity contribution in [3.8, 4) is 0 Å². The molecule has 0 N–H and O–H groups in total. The van der Waals surface area contributed by atoms with Crippen molar-refractivity contribution in [2.45, 2.75) is 48.5 Å². The van der Waals surface area contributed by atoms with Crippen LogP contribution in [-0.4, -0.2) is 5.78 Å². The highest BCUT2D eigenvalue weighted by Gasteiger charge is 2.11. The Morgan fingerprint density at radius 3 is 1.47 bits per heavy atom. The molecule has 0 saturated heterocycles. The second-order valence-corrected chi connectivity index (χ2v) is 4.92. The van der Waals surface area contributed by atoms with E-state index in [0.717, 1.165) is 5.57 Å². The zero-order chi connectivity index (χ0) is 13.3. The number of benzene rings is 1. The molecule has 1 aromatic carbocycles. The van der Waals surface area contributed by atoms with Gasteiger partial charge in [0.05, 0.1) is 0 Å². The lowest BCUT2D eigenvalue weighted by molar-refractivity contribution is -0.113. The van der Waals surface area contributed by atoms with Gasteiger partial charge in [0.1, 0.15) is 0 Å². The highest BCUT2D eigenvalue weighted by atomic mass is 16.1. The molecule has 0 unspecified atom stereocenters. The van der Waals surface area contributed by atoms with Crippen molar-refractivity contribution in [2.24, 2.45) is 0 Å². The predicted octanol–water partition coefficient (Wildman–Crippen LogP) is 4.22. The van der Waals surface area contributed by atoms with Crippen molar-refractivity contribution in [3.63, 3.8) is 0 Å². The van der Waals surface area contributed by atoms with Crippen LogP contribution in [0.1, 0.15) is 47.2 Å². The van der Waals surface area contributed by atoms with Crippen LogP contribution in [0.3, 0.4) is 0 Å². The van der Waals surface area contributed by atoms with Crippen LogP contribution in [0.2, 0.25) is 0 Å². The third-order valence-corrected chi connectivity index (χ3v) is 3.97. The number of ketones is 1. The molecule has 0 aliphatic heterocycles. The van der Waals surface area contributed by atoms with E-state index in [1.807, 2.05) is 13.0 Å². The van der Waals surface area contributed by atoms with Crippen LogP contribution in [-0.2, 0) is 4.79 Å². The molecule has 1 aromatic rings. The van der Waals surface area contributed by atoms with E-state index in [9.17, 15) is 4.79 Å². The van der Waals surface area contributed by atoms with E-state index >= 15 is 0 Å². The molecule has 17 heavy (non-hydrogen) atoms. The number of carbonyl (C=O) groups excluding carboxylic acids is 1. The van der Waals surface area contributed by atoms with Crippen LogP contribution in [0.4, 0.5) is 0 Å². The summed E-state index contributed by atoms with van der Waals surface area (Å²) in [7, 11) is 0. The van der Waals surface area contributed by atoms with Gasteiger partial charge in [0.25, 0.3) is 0 Å². The summed E-state index contributed by atoms with van der Waals surface area (Å²) in [4.78, 5) is 11.3. The average molecular weight is 230 g/mol. The van der Waals surface area contributed by atoms with E-state index in [0.29, 0.717) is 0 Å². The molecule has 0 saturated carbocycles. The number of carbonyl (C=O) groups is 1. The molecular formula is C16H22O. The topological polar surface area (TPSA) is 17.1 Å². The highest BCUT2D eigenvalue weighted by molar-refractivity contribution is 5.97. The second kappa shape index (κ2) is 4.87. The minimum atomic E-state index is 0.139. The quantitative estimate of drug-likeness (QED) is 0.695. The summed E-state index contributed by atoms with van der Waals surface area (Å²) >= 11 is 0. The summed E-state index contributed by atoms with van der Waals surface area (Å²) in [6.07, 6.45) is 2.02. The molecule has 1 heteroatoms.